The number of carbonyl (C=O) groups excluding carboxylic acids is 1. The van der Waals surface area contributed by atoms with Crippen molar-refractivity contribution in [3.63, 3.8) is 0 Å². The van der Waals surface area contributed by atoms with E-state index in [-0.39, 0.29) is 6.03 Å². The molecule has 3 nitrogen and oxygen atoms in total. The molecule has 0 N–H and O–H groups in total. The van der Waals surface area contributed by atoms with Gasteiger partial charge in [-0.1, -0.05) is 80.6 Å². The molecule has 0 aromatic heterocycles. The highest BCUT2D eigenvalue weighted by molar-refractivity contribution is 6.03. The van der Waals surface area contributed by atoms with E-state index in [2.05, 4.69) is 32.0 Å². The van der Waals surface area contributed by atoms with Gasteiger partial charge in [-0.2, -0.15) is 0 Å². The molecular weight excluding hydrogens is 332 g/mol. The maximum Gasteiger partial charge on any atom is 0.329 e. The number of amides is 2. The maximum atomic E-state index is 13.5. The van der Waals surface area contributed by atoms with E-state index in [0.717, 1.165) is 16.9 Å². The molecule has 2 amide bonds. The zero-order valence-electron chi connectivity index (χ0n) is 16.2. The molecule has 0 fully saturated rings. The number of benzene rings is 3. The number of hydrogen-bond donors (Lipinski definition) is 0. The molecule has 3 rings (SSSR count). The average Bonchev–Trinajstić information content (AvgIpc) is 2.72. The molecule has 0 atom stereocenters. The second-order valence-electron chi connectivity index (χ2n) is 6.96. The molecule has 3 aromatic carbocycles. The van der Waals surface area contributed by atoms with Crippen molar-refractivity contribution in [1.29, 1.82) is 0 Å². The van der Waals surface area contributed by atoms with Gasteiger partial charge in [-0.25, -0.2) is 4.79 Å². The lowest BCUT2D eigenvalue weighted by Gasteiger charge is -2.31. The third-order valence-electron chi connectivity index (χ3n) is 4.69. The molecule has 0 aliphatic rings. The third kappa shape index (κ3) is 4.37. The van der Waals surface area contributed by atoms with Crippen LogP contribution in [0.1, 0.15) is 30.9 Å². The van der Waals surface area contributed by atoms with E-state index in [0.29, 0.717) is 12.5 Å². The zero-order valence-corrected chi connectivity index (χ0v) is 16.2. The van der Waals surface area contributed by atoms with Crippen molar-refractivity contribution in [2.45, 2.75) is 26.3 Å². The minimum Gasteiger partial charge on any atom is -0.297 e. The largest absolute Gasteiger partial charge is 0.329 e. The molecule has 27 heavy (non-hydrogen) atoms. The summed E-state index contributed by atoms with van der Waals surface area (Å²) in [4.78, 5) is 17.1. The van der Waals surface area contributed by atoms with Gasteiger partial charge in [-0.3, -0.25) is 9.80 Å². The van der Waals surface area contributed by atoms with Crippen molar-refractivity contribution in [3.8, 4) is 0 Å². The number of para-hydroxylation sites is 2. The van der Waals surface area contributed by atoms with Crippen LogP contribution in [0.15, 0.2) is 84.9 Å². The van der Waals surface area contributed by atoms with Gasteiger partial charge in [0.1, 0.15) is 0 Å². The van der Waals surface area contributed by atoms with Crippen molar-refractivity contribution in [2.24, 2.45) is 0 Å². The van der Waals surface area contributed by atoms with Crippen molar-refractivity contribution in [1.82, 2.24) is 0 Å². The lowest BCUT2D eigenvalue weighted by atomic mass is 10.00. The molecular formula is C24H26N2O. The Morgan fingerprint density at radius 1 is 0.815 bits per heavy atom. The lowest BCUT2D eigenvalue weighted by Crippen LogP contribution is -2.41. The zero-order chi connectivity index (χ0) is 19.2. The Balaban J connectivity index is 2.01. The first kappa shape index (κ1) is 18.7. The second kappa shape index (κ2) is 8.54. The van der Waals surface area contributed by atoms with E-state index in [9.17, 15) is 4.79 Å². The monoisotopic (exact) mass is 358 g/mol. The van der Waals surface area contributed by atoms with Crippen LogP contribution in [0.2, 0.25) is 0 Å². The average molecular weight is 358 g/mol. The quantitative estimate of drug-likeness (QED) is 0.543. The molecule has 0 aliphatic heterocycles. The molecule has 0 radical (unpaired) electrons. The van der Waals surface area contributed by atoms with Crippen LogP contribution in [-0.2, 0) is 6.54 Å². The van der Waals surface area contributed by atoms with Gasteiger partial charge in [0.2, 0.25) is 0 Å². The van der Waals surface area contributed by atoms with Gasteiger partial charge in [0, 0.05) is 18.4 Å². The van der Waals surface area contributed by atoms with Crippen molar-refractivity contribution >= 4 is 17.4 Å². The molecule has 3 aromatic rings. The molecule has 0 spiro atoms. The molecule has 0 saturated carbocycles. The Kier molecular flexibility index (Phi) is 5.92. The standard InChI is InChI=1S/C24H26N2O/c1-19(2)22-16-10-11-17-23(22)26(18-20-12-6-4-7-13-20)24(27)25(3)21-14-8-5-9-15-21/h4-17,19H,18H2,1-3H3. The molecule has 0 heterocycles. The van der Waals surface area contributed by atoms with Crippen LogP contribution in [-0.4, -0.2) is 13.1 Å². The van der Waals surface area contributed by atoms with Gasteiger partial charge in [-0.05, 0) is 35.2 Å². The molecule has 138 valence electrons. The van der Waals surface area contributed by atoms with Gasteiger partial charge >= 0.3 is 6.03 Å². The molecule has 0 aliphatic carbocycles. The summed E-state index contributed by atoms with van der Waals surface area (Å²) < 4.78 is 0. The van der Waals surface area contributed by atoms with Gasteiger partial charge in [0.15, 0.2) is 0 Å². The summed E-state index contributed by atoms with van der Waals surface area (Å²) in [5.41, 5.74) is 4.11. The summed E-state index contributed by atoms with van der Waals surface area (Å²) in [5.74, 6) is 0.328. The maximum absolute atomic E-state index is 13.5. The molecule has 0 saturated heterocycles. The number of carbonyl (C=O) groups is 1. The first-order chi connectivity index (χ1) is 13.1. The number of nitrogens with zero attached hydrogens (tertiary/aromatic N) is 2. The van der Waals surface area contributed by atoms with Gasteiger partial charge < -0.3 is 0 Å². The van der Waals surface area contributed by atoms with Crippen LogP contribution >= 0.6 is 0 Å². The van der Waals surface area contributed by atoms with E-state index in [1.54, 1.807) is 4.90 Å². The number of rotatable bonds is 5. The van der Waals surface area contributed by atoms with Crippen LogP contribution < -0.4 is 9.80 Å². The lowest BCUT2D eigenvalue weighted by molar-refractivity contribution is 0.252. The fourth-order valence-electron chi connectivity index (χ4n) is 3.19. The Hall–Kier alpha value is -3.07. The summed E-state index contributed by atoms with van der Waals surface area (Å²) in [6, 6.07) is 28.0. The second-order valence-corrected chi connectivity index (χ2v) is 6.96. The summed E-state index contributed by atoms with van der Waals surface area (Å²) in [6.45, 7) is 4.84. The Morgan fingerprint density at radius 2 is 1.37 bits per heavy atom. The van der Waals surface area contributed by atoms with Crippen LogP contribution in [0.25, 0.3) is 0 Å². The van der Waals surface area contributed by atoms with E-state index in [1.165, 1.54) is 5.56 Å². The van der Waals surface area contributed by atoms with E-state index in [4.69, 9.17) is 0 Å². The van der Waals surface area contributed by atoms with Crippen LogP contribution in [0.4, 0.5) is 16.2 Å². The predicted octanol–water partition coefficient (Wildman–Crippen LogP) is 6.07. The SMILES string of the molecule is CC(C)c1ccccc1N(Cc1ccccc1)C(=O)N(C)c1ccccc1. The third-order valence-corrected chi connectivity index (χ3v) is 4.69. The van der Waals surface area contributed by atoms with E-state index < -0.39 is 0 Å². The summed E-state index contributed by atoms with van der Waals surface area (Å²) in [7, 11) is 1.83. The number of hydrogen-bond acceptors (Lipinski definition) is 1. The summed E-state index contributed by atoms with van der Waals surface area (Å²) >= 11 is 0. The Bertz CT molecular complexity index is 875. The van der Waals surface area contributed by atoms with Crippen LogP contribution in [0.5, 0.6) is 0 Å². The summed E-state index contributed by atoms with van der Waals surface area (Å²) in [5, 5.41) is 0. The van der Waals surface area contributed by atoms with Crippen LogP contribution in [0.3, 0.4) is 0 Å². The number of anilines is 2. The van der Waals surface area contributed by atoms with Gasteiger partial charge in [0.05, 0.1) is 6.54 Å². The Labute approximate surface area is 161 Å². The fraction of sp³-hybridized carbons (Fsp3) is 0.208. The van der Waals surface area contributed by atoms with Crippen LogP contribution in [0, 0.1) is 0 Å². The van der Waals surface area contributed by atoms with Gasteiger partial charge in [-0.15, -0.1) is 0 Å². The fourth-order valence-corrected chi connectivity index (χ4v) is 3.19. The normalized spacial score (nSPS) is 10.7. The smallest absolute Gasteiger partial charge is 0.297 e. The minimum absolute atomic E-state index is 0.0434. The minimum atomic E-state index is -0.0434. The first-order valence-corrected chi connectivity index (χ1v) is 9.31. The Morgan fingerprint density at radius 3 is 2.00 bits per heavy atom. The van der Waals surface area contributed by atoms with Crippen molar-refractivity contribution in [2.75, 3.05) is 16.8 Å². The van der Waals surface area contributed by atoms with Crippen molar-refractivity contribution < 1.29 is 4.79 Å². The van der Waals surface area contributed by atoms with Crippen molar-refractivity contribution in [3.05, 3.63) is 96.1 Å². The van der Waals surface area contributed by atoms with E-state index in [1.807, 2.05) is 78.7 Å². The van der Waals surface area contributed by atoms with E-state index >= 15 is 0 Å². The first-order valence-electron chi connectivity index (χ1n) is 9.31. The highest BCUT2D eigenvalue weighted by Crippen LogP contribution is 2.30. The highest BCUT2D eigenvalue weighted by Gasteiger charge is 2.24. The van der Waals surface area contributed by atoms with Gasteiger partial charge in [0.25, 0.3) is 0 Å². The highest BCUT2D eigenvalue weighted by atomic mass is 16.2. The number of urea groups is 1. The summed E-state index contributed by atoms with van der Waals surface area (Å²) in [6.07, 6.45) is 0. The molecule has 0 bridgehead atoms. The molecule has 0 unspecified atom stereocenters. The topological polar surface area (TPSA) is 23.6 Å². The predicted molar refractivity (Wildman–Crippen MR) is 113 cm³/mol. The molecule has 3 heteroatoms.